The molecule has 112 valence electrons. The molecule has 1 aliphatic heterocycles. The van der Waals surface area contributed by atoms with E-state index in [0.29, 0.717) is 38.4 Å². The minimum Gasteiger partial charge on any atom is -0.461 e. The van der Waals surface area contributed by atoms with Gasteiger partial charge in [0, 0.05) is 26.2 Å². The monoisotopic (exact) mass is 300 g/mol. The van der Waals surface area contributed by atoms with Crippen molar-refractivity contribution >= 4 is 15.8 Å². The second kappa shape index (κ2) is 6.51. The molecule has 0 aliphatic carbocycles. The molecule has 0 N–H and O–H groups in total. The quantitative estimate of drug-likeness (QED) is 0.727. The van der Waals surface area contributed by atoms with Crippen molar-refractivity contribution in [3.8, 4) is 0 Å². The topological polar surface area (TPSA) is 70.8 Å². The first-order chi connectivity index (χ1) is 9.53. The number of piperazine rings is 1. The number of hydrogen-bond acceptors (Lipinski definition) is 5. The first-order valence-corrected chi connectivity index (χ1v) is 8.40. The van der Waals surface area contributed by atoms with E-state index < -0.39 is 10.0 Å². The Morgan fingerprint density at radius 3 is 2.55 bits per heavy atom. The first kappa shape index (κ1) is 15.2. The van der Waals surface area contributed by atoms with Gasteiger partial charge in [-0.15, -0.1) is 0 Å². The van der Waals surface area contributed by atoms with Crippen molar-refractivity contribution in [3.63, 3.8) is 0 Å². The second-order valence-corrected chi connectivity index (χ2v) is 6.98. The van der Waals surface area contributed by atoms with Crippen molar-refractivity contribution in [3.05, 3.63) is 24.2 Å². The predicted octanol–water partition coefficient (Wildman–Crippen LogP) is 0.820. The van der Waals surface area contributed by atoms with Crippen molar-refractivity contribution in [1.82, 2.24) is 9.21 Å². The van der Waals surface area contributed by atoms with Gasteiger partial charge < -0.3 is 4.42 Å². The van der Waals surface area contributed by atoms with Gasteiger partial charge in [-0.2, -0.15) is 4.31 Å². The second-order valence-electron chi connectivity index (χ2n) is 4.89. The molecule has 2 heterocycles. The Morgan fingerprint density at radius 1 is 1.30 bits per heavy atom. The summed E-state index contributed by atoms with van der Waals surface area (Å²) in [7, 11) is -3.13. The SMILES string of the molecule is CCCS(=O)(=O)N1CCN(CC(=O)c2ccco2)CC1. The first-order valence-electron chi connectivity index (χ1n) is 6.80. The molecule has 0 saturated carbocycles. The third kappa shape index (κ3) is 3.68. The summed E-state index contributed by atoms with van der Waals surface area (Å²) in [6.07, 6.45) is 2.10. The van der Waals surface area contributed by atoms with E-state index in [1.165, 1.54) is 10.6 Å². The molecule has 1 fully saturated rings. The van der Waals surface area contributed by atoms with Crippen LogP contribution in [0.5, 0.6) is 0 Å². The Balaban J connectivity index is 1.84. The number of carbonyl (C=O) groups is 1. The van der Waals surface area contributed by atoms with E-state index in [-0.39, 0.29) is 18.1 Å². The smallest absolute Gasteiger partial charge is 0.214 e. The van der Waals surface area contributed by atoms with Crippen LogP contribution in [0.4, 0.5) is 0 Å². The van der Waals surface area contributed by atoms with Crippen molar-refractivity contribution in [2.75, 3.05) is 38.5 Å². The zero-order valence-electron chi connectivity index (χ0n) is 11.6. The summed E-state index contributed by atoms with van der Waals surface area (Å²) in [6, 6.07) is 3.33. The van der Waals surface area contributed by atoms with Gasteiger partial charge in [0.25, 0.3) is 0 Å². The maximum Gasteiger partial charge on any atom is 0.214 e. The zero-order valence-corrected chi connectivity index (χ0v) is 12.4. The van der Waals surface area contributed by atoms with Gasteiger partial charge in [0.2, 0.25) is 15.8 Å². The fourth-order valence-corrected chi connectivity index (χ4v) is 3.76. The van der Waals surface area contributed by atoms with Gasteiger partial charge in [0.1, 0.15) is 0 Å². The van der Waals surface area contributed by atoms with Gasteiger partial charge in [-0.05, 0) is 18.6 Å². The molecular formula is C13H20N2O4S. The standard InChI is InChI=1S/C13H20N2O4S/c1-2-10-20(17,18)15-7-5-14(6-8-15)11-12(16)13-4-3-9-19-13/h3-4,9H,2,5-8,10-11H2,1H3. The molecule has 20 heavy (non-hydrogen) atoms. The maximum atomic E-state index is 11.9. The zero-order chi connectivity index (χ0) is 14.6. The van der Waals surface area contributed by atoms with E-state index in [0.717, 1.165) is 0 Å². The van der Waals surface area contributed by atoms with Gasteiger partial charge in [0.05, 0.1) is 18.6 Å². The van der Waals surface area contributed by atoms with Crippen LogP contribution in [0.3, 0.4) is 0 Å². The van der Waals surface area contributed by atoms with Crippen LogP contribution < -0.4 is 0 Å². The lowest BCUT2D eigenvalue weighted by atomic mass is 10.2. The molecule has 1 saturated heterocycles. The van der Waals surface area contributed by atoms with E-state index in [4.69, 9.17) is 4.42 Å². The molecule has 1 aromatic heterocycles. The number of rotatable bonds is 6. The number of sulfonamides is 1. The average molecular weight is 300 g/mol. The maximum absolute atomic E-state index is 11.9. The summed E-state index contributed by atoms with van der Waals surface area (Å²) in [5, 5.41) is 0. The molecule has 0 atom stereocenters. The number of ketones is 1. The van der Waals surface area contributed by atoms with Crippen molar-refractivity contribution in [2.24, 2.45) is 0 Å². The lowest BCUT2D eigenvalue weighted by Gasteiger charge is -2.33. The average Bonchev–Trinajstić information content (AvgIpc) is 2.93. The minimum absolute atomic E-state index is 0.0696. The fourth-order valence-electron chi connectivity index (χ4n) is 2.27. The number of carbonyl (C=O) groups excluding carboxylic acids is 1. The van der Waals surface area contributed by atoms with Gasteiger partial charge in [-0.25, -0.2) is 8.42 Å². The van der Waals surface area contributed by atoms with Gasteiger partial charge in [0.15, 0.2) is 5.76 Å². The molecular weight excluding hydrogens is 280 g/mol. The van der Waals surface area contributed by atoms with E-state index in [1.807, 2.05) is 11.8 Å². The molecule has 0 spiro atoms. The summed E-state index contributed by atoms with van der Waals surface area (Å²) in [6.45, 7) is 4.19. The minimum atomic E-state index is -3.13. The Morgan fingerprint density at radius 2 is 2.00 bits per heavy atom. The summed E-state index contributed by atoms with van der Waals surface area (Å²) >= 11 is 0. The van der Waals surface area contributed by atoms with Gasteiger partial charge in [-0.1, -0.05) is 6.92 Å². The molecule has 1 aliphatic rings. The van der Waals surface area contributed by atoms with Crippen LogP contribution in [-0.2, 0) is 10.0 Å². The lowest BCUT2D eigenvalue weighted by molar-refractivity contribution is 0.0874. The van der Waals surface area contributed by atoms with Crippen LogP contribution in [0.25, 0.3) is 0 Å². The van der Waals surface area contributed by atoms with E-state index in [2.05, 4.69) is 0 Å². The molecule has 0 radical (unpaired) electrons. The third-order valence-electron chi connectivity index (χ3n) is 3.35. The molecule has 6 nitrogen and oxygen atoms in total. The van der Waals surface area contributed by atoms with Gasteiger partial charge >= 0.3 is 0 Å². The van der Waals surface area contributed by atoms with E-state index in [1.54, 1.807) is 12.1 Å². The molecule has 1 aromatic rings. The number of hydrogen-bond donors (Lipinski definition) is 0. The molecule has 0 amide bonds. The highest BCUT2D eigenvalue weighted by molar-refractivity contribution is 7.89. The largest absolute Gasteiger partial charge is 0.461 e. The summed E-state index contributed by atoms with van der Waals surface area (Å²) in [4.78, 5) is 13.8. The predicted molar refractivity (Wildman–Crippen MR) is 75.1 cm³/mol. The highest BCUT2D eigenvalue weighted by atomic mass is 32.2. The molecule has 0 aromatic carbocycles. The highest BCUT2D eigenvalue weighted by Crippen LogP contribution is 2.10. The summed E-state index contributed by atoms with van der Waals surface area (Å²) in [5.41, 5.74) is 0. The van der Waals surface area contributed by atoms with Gasteiger partial charge in [-0.3, -0.25) is 9.69 Å². The van der Waals surface area contributed by atoms with E-state index in [9.17, 15) is 13.2 Å². The lowest BCUT2D eigenvalue weighted by Crippen LogP contribution is -2.50. The molecule has 0 unspecified atom stereocenters. The van der Waals surface area contributed by atoms with Crippen molar-refractivity contribution < 1.29 is 17.6 Å². The molecule has 2 rings (SSSR count). The normalized spacial score (nSPS) is 18.2. The Kier molecular flexibility index (Phi) is 4.95. The van der Waals surface area contributed by atoms with Crippen LogP contribution in [-0.4, -0.2) is 61.9 Å². The van der Waals surface area contributed by atoms with Crippen LogP contribution >= 0.6 is 0 Å². The summed E-state index contributed by atoms with van der Waals surface area (Å²) in [5.74, 6) is 0.476. The van der Waals surface area contributed by atoms with Crippen LogP contribution in [0.15, 0.2) is 22.8 Å². The summed E-state index contributed by atoms with van der Waals surface area (Å²) < 4.78 is 30.4. The van der Waals surface area contributed by atoms with Crippen molar-refractivity contribution in [1.29, 1.82) is 0 Å². The third-order valence-corrected chi connectivity index (χ3v) is 5.43. The number of nitrogens with zero attached hydrogens (tertiary/aromatic N) is 2. The number of Topliss-reactive ketones (excluding diaryl/α,β-unsaturated/α-hetero) is 1. The Hall–Kier alpha value is -1.18. The Bertz CT molecular complexity index is 531. The molecule has 7 heteroatoms. The number of furan rings is 1. The highest BCUT2D eigenvalue weighted by Gasteiger charge is 2.27. The van der Waals surface area contributed by atoms with E-state index >= 15 is 0 Å². The Labute approximate surface area is 119 Å². The molecule has 0 bridgehead atoms. The fraction of sp³-hybridized carbons (Fsp3) is 0.615. The van der Waals surface area contributed by atoms with Crippen LogP contribution in [0, 0.1) is 0 Å². The van der Waals surface area contributed by atoms with Crippen molar-refractivity contribution in [2.45, 2.75) is 13.3 Å². The van der Waals surface area contributed by atoms with Crippen LogP contribution in [0.2, 0.25) is 0 Å². The van der Waals surface area contributed by atoms with Crippen LogP contribution in [0.1, 0.15) is 23.9 Å².